The van der Waals surface area contributed by atoms with E-state index in [2.05, 4.69) is 0 Å². The first-order chi connectivity index (χ1) is 10.6. The van der Waals surface area contributed by atoms with Crippen LogP contribution in [0.2, 0.25) is 0 Å². The first kappa shape index (κ1) is 17.5. The zero-order valence-corrected chi connectivity index (χ0v) is 11.6. The number of carbonyl (C=O) groups is 3. The van der Waals surface area contributed by atoms with Crippen molar-refractivity contribution in [3.05, 3.63) is 47.0 Å². The summed E-state index contributed by atoms with van der Waals surface area (Å²) in [4.78, 5) is 63.8. The van der Waals surface area contributed by atoms with Gasteiger partial charge in [-0.05, 0) is 13.8 Å². The molecule has 120 valence electrons. The highest BCUT2D eigenvalue weighted by molar-refractivity contribution is 6.14. The third kappa shape index (κ3) is 2.76. The van der Waals surface area contributed by atoms with Crippen LogP contribution in [-0.2, 0) is 0 Å². The number of nitro benzene ring substituents is 3. The number of hydrogen-bond acceptors (Lipinski definition) is 9. The third-order valence-electron chi connectivity index (χ3n) is 2.83. The van der Waals surface area contributed by atoms with Crippen LogP contribution in [0.15, 0.2) is 0 Å². The first-order valence-corrected chi connectivity index (χ1v) is 5.70. The maximum atomic E-state index is 11.6. The number of ketones is 2. The molecule has 0 spiro atoms. The van der Waals surface area contributed by atoms with E-state index in [1.807, 2.05) is 0 Å². The van der Waals surface area contributed by atoms with Gasteiger partial charge in [0.25, 0.3) is 0 Å². The minimum Gasteiger partial charge on any atom is -0.297 e. The van der Waals surface area contributed by atoms with E-state index in [1.165, 1.54) is 0 Å². The molecule has 0 bridgehead atoms. The van der Waals surface area contributed by atoms with Gasteiger partial charge in [-0.3, -0.25) is 44.7 Å². The van der Waals surface area contributed by atoms with Gasteiger partial charge in [-0.25, -0.2) is 0 Å². The number of carbonyl (C=O) groups excluding carboxylic acids is 3. The molecule has 0 saturated carbocycles. The normalized spacial score (nSPS) is 10.0. The zero-order valence-electron chi connectivity index (χ0n) is 11.6. The quantitative estimate of drug-likeness (QED) is 0.324. The van der Waals surface area contributed by atoms with Crippen LogP contribution in [0.25, 0.3) is 0 Å². The summed E-state index contributed by atoms with van der Waals surface area (Å²) < 4.78 is 0. The number of benzene rings is 1. The molecule has 0 radical (unpaired) electrons. The SMILES string of the molecule is CC(=O)c1c([N+](=O)[O-])c(C=O)c([N+](=O)[O-])c(C(C)=O)c1[N+](=O)[O-]. The largest absolute Gasteiger partial charge is 0.304 e. The molecule has 12 nitrogen and oxygen atoms in total. The molecule has 1 aromatic rings. The summed E-state index contributed by atoms with van der Waals surface area (Å²) in [7, 11) is 0. The van der Waals surface area contributed by atoms with Crippen LogP contribution in [0.3, 0.4) is 0 Å². The molecule has 1 aromatic carbocycles. The van der Waals surface area contributed by atoms with Crippen molar-refractivity contribution in [1.82, 2.24) is 0 Å². The molecule has 0 atom stereocenters. The molecular formula is C11H7N3O9. The molecule has 0 aliphatic heterocycles. The zero-order chi connectivity index (χ0) is 18.1. The Morgan fingerprint density at radius 3 is 1.26 bits per heavy atom. The molecule has 0 fully saturated rings. The third-order valence-corrected chi connectivity index (χ3v) is 2.83. The van der Waals surface area contributed by atoms with Gasteiger partial charge in [0.05, 0.1) is 14.8 Å². The van der Waals surface area contributed by atoms with Crippen LogP contribution < -0.4 is 0 Å². The minimum absolute atomic E-state index is 0.293. The van der Waals surface area contributed by atoms with E-state index in [0.717, 1.165) is 13.8 Å². The molecule has 0 aliphatic rings. The second-order valence-electron chi connectivity index (χ2n) is 4.21. The van der Waals surface area contributed by atoms with Crippen molar-refractivity contribution >= 4 is 34.9 Å². The standard InChI is InChI=1S/C11H7N3O9/c1-4(16)7-9(12(18)19)6(3-15)10(13(20)21)8(5(2)17)11(7)14(22)23/h3H,1-2H3. The lowest BCUT2D eigenvalue weighted by Crippen LogP contribution is -2.15. The first-order valence-electron chi connectivity index (χ1n) is 5.70. The van der Waals surface area contributed by atoms with E-state index in [-0.39, 0.29) is 6.29 Å². The minimum atomic E-state index is -1.38. The average Bonchev–Trinajstić information content (AvgIpc) is 2.42. The fourth-order valence-corrected chi connectivity index (χ4v) is 2.07. The lowest BCUT2D eigenvalue weighted by atomic mass is 9.93. The highest BCUT2D eigenvalue weighted by Gasteiger charge is 2.44. The van der Waals surface area contributed by atoms with Crippen molar-refractivity contribution in [2.24, 2.45) is 0 Å². The van der Waals surface area contributed by atoms with Crippen molar-refractivity contribution in [2.45, 2.75) is 13.8 Å². The van der Waals surface area contributed by atoms with Gasteiger partial charge in [0.2, 0.25) is 0 Å². The molecule has 0 heterocycles. The summed E-state index contributed by atoms with van der Waals surface area (Å²) in [6, 6.07) is 0. The highest BCUT2D eigenvalue weighted by Crippen LogP contribution is 2.42. The molecule has 0 amide bonds. The Bertz CT molecular complexity index is 743. The predicted octanol–water partition coefficient (Wildman–Crippen LogP) is 1.63. The number of nitrogens with zero attached hydrogens (tertiary/aromatic N) is 3. The Morgan fingerprint density at radius 1 is 0.783 bits per heavy atom. The van der Waals surface area contributed by atoms with Gasteiger partial charge < -0.3 is 0 Å². The van der Waals surface area contributed by atoms with Crippen molar-refractivity contribution in [2.75, 3.05) is 0 Å². The molecule has 23 heavy (non-hydrogen) atoms. The lowest BCUT2D eigenvalue weighted by molar-refractivity contribution is -0.403. The van der Waals surface area contributed by atoms with Crippen LogP contribution >= 0.6 is 0 Å². The van der Waals surface area contributed by atoms with E-state index in [4.69, 9.17) is 0 Å². The molecule has 1 rings (SSSR count). The summed E-state index contributed by atoms with van der Waals surface area (Å²) in [6.45, 7) is 1.47. The van der Waals surface area contributed by atoms with Crippen molar-refractivity contribution in [3.8, 4) is 0 Å². The maximum Gasteiger partial charge on any atom is 0.304 e. The van der Waals surface area contributed by atoms with Crippen molar-refractivity contribution in [3.63, 3.8) is 0 Å². The number of rotatable bonds is 6. The van der Waals surface area contributed by atoms with Gasteiger partial charge in [0.1, 0.15) is 0 Å². The van der Waals surface area contributed by atoms with Gasteiger partial charge in [0.15, 0.2) is 34.5 Å². The average molecular weight is 325 g/mol. The van der Waals surface area contributed by atoms with Gasteiger partial charge in [-0.2, -0.15) is 0 Å². The predicted molar refractivity (Wildman–Crippen MR) is 71.8 cm³/mol. The fourth-order valence-electron chi connectivity index (χ4n) is 2.07. The Hall–Kier alpha value is -3.57. The van der Waals surface area contributed by atoms with E-state index in [9.17, 15) is 44.7 Å². The monoisotopic (exact) mass is 325 g/mol. The summed E-state index contributed by atoms with van der Waals surface area (Å²) >= 11 is 0. The van der Waals surface area contributed by atoms with Gasteiger partial charge in [-0.1, -0.05) is 0 Å². The maximum absolute atomic E-state index is 11.6. The number of nitro groups is 3. The molecule has 0 unspecified atom stereocenters. The summed E-state index contributed by atoms with van der Waals surface area (Å²) in [6.07, 6.45) is -0.293. The lowest BCUT2D eigenvalue weighted by Gasteiger charge is -2.08. The Labute approximate surface area is 126 Å². The van der Waals surface area contributed by atoms with Crippen LogP contribution in [0.1, 0.15) is 44.9 Å². The number of aldehydes is 1. The van der Waals surface area contributed by atoms with Crippen LogP contribution in [0.4, 0.5) is 17.1 Å². The van der Waals surface area contributed by atoms with Gasteiger partial charge >= 0.3 is 17.1 Å². The fraction of sp³-hybridized carbons (Fsp3) is 0.182. The number of Topliss-reactive ketones (excluding diaryl/α,β-unsaturated/α-hetero) is 2. The Kier molecular flexibility index (Phi) is 4.60. The molecule has 0 aromatic heterocycles. The van der Waals surface area contributed by atoms with Crippen LogP contribution in [-0.4, -0.2) is 32.6 Å². The Morgan fingerprint density at radius 2 is 1.09 bits per heavy atom. The Balaban J connectivity index is 4.42. The number of hydrogen-bond donors (Lipinski definition) is 0. The smallest absolute Gasteiger partial charge is 0.297 e. The molecule has 0 aliphatic carbocycles. The summed E-state index contributed by atoms with van der Waals surface area (Å²) in [5.74, 6) is -2.38. The summed E-state index contributed by atoms with van der Waals surface area (Å²) in [5, 5.41) is 33.4. The van der Waals surface area contributed by atoms with Crippen LogP contribution in [0, 0.1) is 30.3 Å². The van der Waals surface area contributed by atoms with E-state index >= 15 is 0 Å². The second-order valence-corrected chi connectivity index (χ2v) is 4.21. The second kappa shape index (κ2) is 6.05. The van der Waals surface area contributed by atoms with Gasteiger partial charge in [0, 0.05) is 0 Å². The summed E-state index contributed by atoms with van der Waals surface area (Å²) in [5.41, 5.74) is -7.59. The van der Waals surface area contributed by atoms with Crippen molar-refractivity contribution in [1.29, 1.82) is 0 Å². The molecule has 0 N–H and O–H groups in total. The molecular weight excluding hydrogens is 318 g/mol. The van der Waals surface area contributed by atoms with E-state index in [1.54, 1.807) is 0 Å². The highest BCUT2D eigenvalue weighted by atomic mass is 16.6. The van der Waals surface area contributed by atoms with E-state index < -0.39 is 60.1 Å². The molecule has 12 heteroatoms. The molecule has 0 saturated heterocycles. The van der Waals surface area contributed by atoms with Crippen molar-refractivity contribution < 1.29 is 29.2 Å². The topological polar surface area (TPSA) is 181 Å². The van der Waals surface area contributed by atoms with E-state index in [0.29, 0.717) is 0 Å². The van der Waals surface area contributed by atoms with Gasteiger partial charge in [-0.15, -0.1) is 0 Å². The van der Waals surface area contributed by atoms with Crippen LogP contribution in [0.5, 0.6) is 0 Å².